The summed E-state index contributed by atoms with van der Waals surface area (Å²) in [4.78, 5) is 26.9. The molecule has 0 radical (unpaired) electrons. The third-order valence-corrected chi connectivity index (χ3v) is 4.42. The second-order valence-corrected chi connectivity index (χ2v) is 7.80. The van der Waals surface area contributed by atoms with E-state index in [0.717, 1.165) is 24.7 Å². The van der Waals surface area contributed by atoms with Gasteiger partial charge in [-0.1, -0.05) is 27.7 Å². The summed E-state index contributed by atoms with van der Waals surface area (Å²) in [6.45, 7) is 15.3. The molecular formula is C19H34N6O2. The van der Waals surface area contributed by atoms with Gasteiger partial charge in [-0.2, -0.15) is 0 Å². The molecule has 0 bridgehead atoms. The Balaban J connectivity index is 2.15. The zero-order valence-corrected chi connectivity index (χ0v) is 17.3. The molecule has 0 spiro atoms. The van der Waals surface area contributed by atoms with Crippen LogP contribution in [0.1, 0.15) is 34.6 Å². The van der Waals surface area contributed by atoms with Gasteiger partial charge < -0.3 is 25.2 Å². The van der Waals surface area contributed by atoms with Gasteiger partial charge in [-0.25, -0.2) is 14.8 Å². The number of nitrogen functional groups attached to an aromatic ring is 1. The molecule has 0 unspecified atom stereocenters. The zero-order valence-electron chi connectivity index (χ0n) is 17.3. The van der Waals surface area contributed by atoms with Gasteiger partial charge in [0, 0.05) is 39.3 Å². The number of amides is 1. The number of hydrogen-bond acceptors (Lipinski definition) is 7. The second kappa shape index (κ2) is 9.62. The average Bonchev–Trinajstić information content (AvgIpc) is 2.61. The summed E-state index contributed by atoms with van der Waals surface area (Å²) in [6, 6.07) is 0. The van der Waals surface area contributed by atoms with Crippen LogP contribution in [0.3, 0.4) is 0 Å². The fourth-order valence-corrected chi connectivity index (χ4v) is 3.33. The van der Waals surface area contributed by atoms with Crippen molar-refractivity contribution < 1.29 is 9.53 Å². The minimum atomic E-state index is -0.256. The molecule has 2 N–H and O–H groups in total. The predicted molar refractivity (Wildman–Crippen MR) is 109 cm³/mol. The third-order valence-electron chi connectivity index (χ3n) is 4.42. The van der Waals surface area contributed by atoms with Crippen LogP contribution >= 0.6 is 0 Å². The average molecular weight is 379 g/mol. The standard InChI is InChI=1S/C19H34N6O2/c1-6-27-19(26)24-9-7-23(8-10-24)17-16(20)18(22-13-21-17)25(11-14(2)3)12-15(4)5/h13-15H,6-12,20H2,1-5H3. The quantitative estimate of drug-likeness (QED) is 0.779. The topological polar surface area (TPSA) is 87.8 Å². The Morgan fingerprint density at radius 1 is 1.15 bits per heavy atom. The van der Waals surface area contributed by atoms with Crippen molar-refractivity contribution in [1.29, 1.82) is 0 Å². The Bertz CT molecular complexity index is 604. The maximum Gasteiger partial charge on any atom is 0.409 e. The highest BCUT2D eigenvalue weighted by Crippen LogP contribution is 2.30. The van der Waals surface area contributed by atoms with Gasteiger partial charge in [-0.3, -0.25) is 0 Å². The highest BCUT2D eigenvalue weighted by Gasteiger charge is 2.26. The molecule has 8 heteroatoms. The van der Waals surface area contributed by atoms with Crippen LogP contribution in [0.25, 0.3) is 0 Å². The largest absolute Gasteiger partial charge is 0.450 e. The Morgan fingerprint density at radius 2 is 1.74 bits per heavy atom. The van der Waals surface area contributed by atoms with E-state index in [9.17, 15) is 4.79 Å². The predicted octanol–water partition coefficient (Wildman–Crippen LogP) is 2.46. The van der Waals surface area contributed by atoms with Crippen LogP contribution in [-0.4, -0.2) is 66.8 Å². The molecule has 2 heterocycles. The van der Waals surface area contributed by atoms with E-state index < -0.39 is 0 Å². The van der Waals surface area contributed by atoms with Gasteiger partial charge in [-0.05, 0) is 18.8 Å². The summed E-state index contributed by atoms with van der Waals surface area (Å²) < 4.78 is 5.08. The first-order valence-corrected chi connectivity index (χ1v) is 9.85. The van der Waals surface area contributed by atoms with Gasteiger partial charge in [0.05, 0.1) is 6.61 Å². The molecule has 8 nitrogen and oxygen atoms in total. The molecule has 27 heavy (non-hydrogen) atoms. The highest BCUT2D eigenvalue weighted by atomic mass is 16.6. The lowest BCUT2D eigenvalue weighted by Crippen LogP contribution is -2.49. The number of rotatable bonds is 7. The Morgan fingerprint density at radius 3 is 2.26 bits per heavy atom. The highest BCUT2D eigenvalue weighted by molar-refractivity contribution is 5.76. The number of anilines is 3. The molecule has 1 fully saturated rings. The van der Waals surface area contributed by atoms with Crippen molar-refractivity contribution in [3.8, 4) is 0 Å². The van der Waals surface area contributed by atoms with E-state index >= 15 is 0 Å². The number of ether oxygens (including phenoxy) is 1. The minimum Gasteiger partial charge on any atom is -0.450 e. The van der Waals surface area contributed by atoms with Crippen LogP contribution in [0, 0.1) is 11.8 Å². The van der Waals surface area contributed by atoms with E-state index in [1.807, 2.05) is 6.92 Å². The Labute approximate surface area is 162 Å². The monoisotopic (exact) mass is 378 g/mol. The number of aromatic nitrogens is 2. The molecule has 0 aromatic carbocycles. The van der Waals surface area contributed by atoms with Crippen LogP contribution in [-0.2, 0) is 4.74 Å². The molecule has 152 valence electrons. The van der Waals surface area contributed by atoms with Gasteiger partial charge in [-0.15, -0.1) is 0 Å². The summed E-state index contributed by atoms with van der Waals surface area (Å²) in [6.07, 6.45) is 1.33. The van der Waals surface area contributed by atoms with E-state index in [1.165, 1.54) is 0 Å². The summed E-state index contributed by atoms with van der Waals surface area (Å²) in [5.74, 6) is 2.57. The number of hydrogen-bond donors (Lipinski definition) is 1. The third kappa shape index (κ3) is 5.61. The molecule has 0 saturated carbocycles. The van der Waals surface area contributed by atoms with E-state index in [1.54, 1.807) is 11.2 Å². The fourth-order valence-electron chi connectivity index (χ4n) is 3.33. The SMILES string of the molecule is CCOC(=O)N1CCN(c2ncnc(N(CC(C)C)CC(C)C)c2N)CC1. The molecule has 1 saturated heterocycles. The van der Waals surface area contributed by atoms with Crippen molar-refractivity contribution in [1.82, 2.24) is 14.9 Å². The summed E-state index contributed by atoms with van der Waals surface area (Å²) >= 11 is 0. The smallest absolute Gasteiger partial charge is 0.409 e. The molecular weight excluding hydrogens is 344 g/mol. The number of nitrogens with zero attached hydrogens (tertiary/aromatic N) is 5. The zero-order chi connectivity index (χ0) is 20.0. The van der Waals surface area contributed by atoms with Crippen LogP contribution in [0.4, 0.5) is 22.1 Å². The molecule has 1 aromatic rings. The van der Waals surface area contributed by atoms with E-state index in [4.69, 9.17) is 10.5 Å². The summed E-state index contributed by atoms with van der Waals surface area (Å²) in [7, 11) is 0. The van der Waals surface area contributed by atoms with Crippen molar-refractivity contribution in [2.24, 2.45) is 11.8 Å². The van der Waals surface area contributed by atoms with E-state index in [0.29, 0.717) is 50.3 Å². The lowest BCUT2D eigenvalue weighted by atomic mass is 10.1. The number of nitrogens with two attached hydrogens (primary N) is 1. The molecule has 1 aliphatic rings. The van der Waals surface area contributed by atoms with E-state index in [-0.39, 0.29) is 6.09 Å². The van der Waals surface area contributed by atoms with Crippen LogP contribution in [0.2, 0.25) is 0 Å². The molecule has 0 atom stereocenters. The van der Waals surface area contributed by atoms with Crippen LogP contribution in [0.5, 0.6) is 0 Å². The number of carbonyl (C=O) groups excluding carboxylic acids is 1. The Kier molecular flexibility index (Phi) is 7.50. The van der Waals surface area contributed by atoms with Gasteiger partial charge >= 0.3 is 6.09 Å². The lowest BCUT2D eigenvalue weighted by Gasteiger charge is -2.36. The first-order chi connectivity index (χ1) is 12.8. The normalized spacial score (nSPS) is 14.8. The van der Waals surface area contributed by atoms with Gasteiger partial charge in [0.25, 0.3) is 0 Å². The number of carbonyl (C=O) groups is 1. The molecule has 2 rings (SSSR count). The van der Waals surface area contributed by atoms with Gasteiger partial charge in [0.1, 0.15) is 12.0 Å². The van der Waals surface area contributed by atoms with Crippen molar-refractivity contribution in [3.05, 3.63) is 6.33 Å². The molecule has 1 aliphatic heterocycles. The lowest BCUT2D eigenvalue weighted by molar-refractivity contribution is 0.105. The van der Waals surface area contributed by atoms with E-state index in [2.05, 4.69) is 47.5 Å². The van der Waals surface area contributed by atoms with Crippen molar-refractivity contribution in [3.63, 3.8) is 0 Å². The summed E-state index contributed by atoms with van der Waals surface area (Å²) in [5, 5.41) is 0. The summed E-state index contributed by atoms with van der Waals surface area (Å²) in [5.41, 5.74) is 7.11. The Hall–Kier alpha value is -2.25. The maximum atomic E-state index is 11.9. The van der Waals surface area contributed by atoms with Crippen molar-refractivity contribution in [2.45, 2.75) is 34.6 Å². The van der Waals surface area contributed by atoms with Crippen molar-refractivity contribution >= 4 is 23.4 Å². The maximum absolute atomic E-state index is 11.9. The first kappa shape index (κ1) is 21.1. The van der Waals surface area contributed by atoms with Crippen LogP contribution in [0.15, 0.2) is 6.33 Å². The van der Waals surface area contributed by atoms with Crippen LogP contribution < -0.4 is 15.5 Å². The van der Waals surface area contributed by atoms with Gasteiger partial charge in [0.15, 0.2) is 11.6 Å². The minimum absolute atomic E-state index is 0.256. The second-order valence-electron chi connectivity index (χ2n) is 7.80. The fraction of sp³-hybridized carbons (Fsp3) is 0.737. The molecule has 1 amide bonds. The molecule has 0 aliphatic carbocycles. The van der Waals surface area contributed by atoms with Gasteiger partial charge in [0.2, 0.25) is 0 Å². The number of piperazine rings is 1. The molecule has 1 aromatic heterocycles. The first-order valence-electron chi connectivity index (χ1n) is 9.85. The van der Waals surface area contributed by atoms with Crippen molar-refractivity contribution in [2.75, 3.05) is 61.4 Å².